The standard InChI is InChI=1S/C23H22F2N2O4S2/c1-31-15-5-8-20-21(12-15)32-23(26-20)27-22(28)17(9-13-10-18(24)19(25)11-13)14-3-6-16(7-4-14)33(2,29)30/h3-9,12-13,18-19H,10-11H2,1-2H3,(H,26,27,28)/b17-9+/t13-,18+,19-. The third kappa shape index (κ3) is 5.22. The molecule has 0 spiro atoms. The molecule has 1 aliphatic rings. The van der Waals surface area contributed by atoms with Crippen LogP contribution in [0.4, 0.5) is 13.9 Å². The summed E-state index contributed by atoms with van der Waals surface area (Å²) in [6.45, 7) is 0. The molecule has 174 valence electrons. The Morgan fingerprint density at radius 2 is 1.82 bits per heavy atom. The van der Waals surface area contributed by atoms with Crippen molar-refractivity contribution in [2.75, 3.05) is 18.7 Å². The number of benzene rings is 2. The SMILES string of the molecule is COc1ccc2nc(NC(=O)/C(=C/[C@H]3C[C@@H](F)[C@@H](F)C3)c3ccc(S(C)(=O)=O)cc3)sc2c1. The number of sulfone groups is 1. The van der Waals surface area contributed by atoms with Crippen molar-refractivity contribution in [3.05, 3.63) is 54.1 Å². The van der Waals surface area contributed by atoms with Crippen LogP contribution >= 0.6 is 11.3 Å². The molecule has 4 rings (SSSR count). The first-order chi connectivity index (χ1) is 15.6. The number of hydrogen-bond acceptors (Lipinski definition) is 6. The molecule has 0 aliphatic heterocycles. The van der Waals surface area contributed by atoms with Gasteiger partial charge in [-0.1, -0.05) is 29.5 Å². The lowest BCUT2D eigenvalue weighted by molar-refractivity contribution is -0.111. The maximum absolute atomic E-state index is 13.7. The number of aromatic nitrogens is 1. The Kier molecular flexibility index (Phi) is 6.49. The number of carbonyl (C=O) groups is 1. The van der Waals surface area contributed by atoms with Crippen LogP contribution in [0.3, 0.4) is 0 Å². The summed E-state index contributed by atoms with van der Waals surface area (Å²) in [5.41, 5.74) is 1.34. The second kappa shape index (κ2) is 9.18. The molecular formula is C23H22F2N2O4S2. The van der Waals surface area contributed by atoms with Crippen molar-refractivity contribution in [2.24, 2.45) is 5.92 Å². The fraction of sp³-hybridized carbons (Fsp3) is 0.304. The van der Waals surface area contributed by atoms with Crippen LogP contribution in [0, 0.1) is 5.92 Å². The summed E-state index contributed by atoms with van der Waals surface area (Å²) in [4.78, 5) is 17.7. The fourth-order valence-electron chi connectivity index (χ4n) is 3.78. The van der Waals surface area contributed by atoms with Gasteiger partial charge in [0, 0.05) is 11.8 Å². The quantitative estimate of drug-likeness (QED) is 0.499. The highest BCUT2D eigenvalue weighted by Crippen LogP contribution is 2.35. The number of methoxy groups -OCH3 is 1. The molecule has 1 aliphatic carbocycles. The van der Waals surface area contributed by atoms with Crippen molar-refractivity contribution in [1.82, 2.24) is 4.98 Å². The van der Waals surface area contributed by atoms with E-state index in [1.54, 1.807) is 25.3 Å². The molecule has 0 bridgehead atoms. The molecule has 3 aromatic rings. The summed E-state index contributed by atoms with van der Waals surface area (Å²) in [7, 11) is -1.85. The normalized spacial score (nSPS) is 21.3. The Bertz CT molecular complexity index is 1310. The zero-order valence-corrected chi connectivity index (χ0v) is 19.6. The van der Waals surface area contributed by atoms with Crippen LogP contribution in [0.25, 0.3) is 15.8 Å². The van der Waals surface area contributed by atoms with Crippen molar-refractivity contribution in [3.8, 4) is 5.75 Å². The molecule has 2 aromatic carbocycles. The van der Waals surface area contributed by atoms with Gasteiger partial charge in [-0.05, 0) is 54.7 Å². The number of amides is 1. The van der Waals surface area contributed by atoms with E-state index in [1.807, 2.05) is 6.07 Å². The highest BCUT2D eigenvalue weighted by molar-refractivity contribution is 7.90. The molecule has 33 heavy (non-hydrogen) atoms. The van der Waals surface area contributed by atoms with Gasteiger partial charge in [0.2, 0.25) is 0 Å². The van der Waals surface area contributed by atoms with E-state index >= 15 is 0 Å². The van der Waals surface area contributed by atoms with E-state index in [0.29, 0.717) is 22.0 Å². The number of anilines is 1. The number of ether oxygens (including phenoxy) is 1. The molecular weight excluding hydrogens is 470 g/mol. The van der Waals surface area contributed by atoms with Gasteiger partial charge in [-0.15, -0.1) is 0 Å². The lowest BCUT2D eigenvalue weighted by atomic mass is 9.98. The summed E-state index contributed by atoms with van der Waals surface area (Å²) in [5.74, 6) is -0.283. The molecule has 1 fully saturated rings. The molecule has 0 radical (unpaired) electrons. The van der Waals surface area contributed by atoms with Crippen LogP contribution in [-0.4, -0.2) is 45.0 Å². The number of alkyl halides is 2. The van der Waals surface area contributed by atoms with Gasteiger partial charge in [0.1, 0.15) is 18.1 Å². The largest absolute Gasteiger partial charge is 0.497 e. The first kappa shape index (κ1) is 23.3. The van der Waals surface area contributed by atoms with Crippen molar-refractivity contribution >= 4 is 48.0 Å². The summed E-state index contributed by atoms with van der Waals surface area (Å²) in [6, 6.07) is 11.2. The minimum atomic E-state index is -3.41. The summed E-state index contributed by atoms with van der Waals surface area (Å²) >= 11 is 1.27. The van der Waals surface area contributed by atoms with Crippen LogP contribution in [0.1, 0.15) is 18.4 Å². The number of hydrogen-bond donors (Lipinski definition) is 1. The third-order valence-electron chi connectivity index (χ3n) is 5.50. The maximum atomic E-state index is 13.7. The number of halogens is 2. The monoisotopic (exact) mass is 492 g/mol. The summed E-state index contributed by atoms with van der Waals surface area (Å²) in [5, 5.41) is 3.12. The minimum absolute atomic E-state index is 0.0136. The molecule has 1 amide bonds. The number of carbonyl (C=O) groups excluding carboxylic acids is 1. The van der Waals surface area contributed by atoms with E-state index in [1.165, 1.54) is 35.6 Å². The van der Waals surface area contributed by atoms with Gasteiger partial charge in [0.25, 0.3) is 5.91 Å². The molecule has 6 nitrogen and oxygen atoms in total. The van der Waals surface area contributed by atoms with Gasteiger partial charge >= 0.3 is 0 Å². The number of thiazole rings is 1. The van der Waals surface area contributed by atoms with Gasteiger partial charge in [0.05, 0.1) is 22.2 Å². The van der Waals surface area contributed by atoms with E-state index in [2.05, 4.69) is 10.3 Å². The van der Waals surface area contributed by atoms with Gasteiger partial charge < -0.3 is 4.74 Å². The molecule has 1 heterocycles. The van der Waals surface area contributed by atoms with Gasteiger partial charge in [-0.2, -0.15) is 0 Å². The van der Waals surface area contributed by atoms with Crippen LogP contribution in [-0.2, 0) is 14.6 Å². The molecule has 10 heteroatoms. The fourth-order valence-corrected chi connectivity index (χ4v) is 5.30. The molecule has 0 saturated heterocycles. The van der Waals surface area contributed by atoms with Gasteiger partial charge in [-0.3, -0.25) is 10.1 Å². The number of fused-ring (bicyclic) bond motifs is 1. The highest BCUT2D eigenvalue weighted by atomic mass is 32.2. The first-order valence-electron chi connectivity index (χ1n) is 10.2. The zero-order valence-electron chi connectivity index (χ0n) is 17.9. The second-order valence-electron chi connectivity index (χ2n) is 7.95. The van der Waals surface area contributed by atoms with Crippen LogP contribution in [0.2, 0.25) is 0 Å². The smallest absolute Gasteiger partial charge is 0.257 e. The molecule has 1 aromatic heterocycles. The van der Waals surface area contributed by atoms with E-state index < -0.39 is 34.0 Å². The maximum Gasteiger partial charge on any atom is 0.257 e. The van der Waals surface area contributed by atoms with E-state index in [4.69, 9.17) is 4.74 Å². The van der Waals surface area contributed by atoms with Crippen LogP contribution < -0.4 is 10.1 Å². The molecule has 3 atom stereocenters. The number of allylic oxidation sites excluding steroid dienone is 1. The molecule has 1 saturated carbocycles. The highest BCUT2D eigenvalue weighted by Gasteiger charge is 2.34. The summed E-state index contributed by atoms with van der Waals surface area (Å²) < 4.78 is 57.1. The number of nitrogens with zero attached hydrogens (tertiary/aromatic N) is 1. The average molecular weight is 493 g/mol. The number of rotatable bonds is 6. The van der Waals surface area contributed by atoms with Crippen molar-refractivity contribution < 1.29 is 26.7 Å². The van der Waals surface area contributed by atoms with Crippen molar-refractivity contribution in [3.63, 3.8) is 0 Å². The second-order valence-corrected chi connectivity index (χ2v) is 11.0. The predicted octanol–water partition coefficient (Wildman–Crippen LogP) is 4.82. The van der Waals surface area contributed by atoms with Gasteiger partial charge in [0.15, 0.2) is 15.0 Å². The topological polar surface area (TPSA) is 85.4 Å². The minimum Gasteiger partial charge on any atom is -0.497 e. The third-order valence-corrected chi connectivity index (χ3v) is 7.57. The lowest BCUT2D eigenvalue weighted by Gasteiger charge is -2.11. The Hall–Kier alpha value is -2.85. The lowest BCUT2D eigenvalue weighted by Crippen LogP contribution is -2.14. The predicted molar refractivity (Wildman–Crippen MR) is 125 cm³/mol. The van der Waals surface area contributed by atoms with Crippen LogP contribution in [0.15, 0.2) is 53.4 Å². The number of nitrogens with one attached hydrogen (secondary N) is 1. The summed E-state index contributed by atoms with van der Waals surface area (Å²) in [6.07, 6.45) is -0.507. The van der Waals surface area contributed by atoms with Gasteiger partial charge in [-0.25, -0.2) is 22.2 Å². The molecule has 1 N–H and O–H groups in total. The van der Waals surface area contributed by atoms with E-state index in [0.717, 1.165) is 11.0 Å². The van der Waals surface area contributed by atoms with E-state index in [-0.39, 0.29) is 23.3 Å². The Morgan fingerprint density at radius 3 is 2.42 bits per heavy atom. The van der Waals surface area contributed by atoms with Crippen molar-refractivity contribution in [2.45, 2.75) is 30.1 Å². The first-order valence-corrected chi connectivity index (χ1v) is 12.9. The van der Waals surface area contributed by atoms with Crippen LogP contribution in [0.5, 0.6) is 5.75 Å². The Morgan fingerprint density at radius 1 is 1.15 bits per heavy atom. The van der Waals surface area contributed by atoms with Crippen molar-refractivity contribution in [1.29, 1.82) is 0 Å². The zero-order chi connectivity index (χ0) is 23.8. The average Bonchev–Trinajstić information content (AvgIpc) is 3.32. The Balaban J connectivity index is 1.66. The van der Waals surface area contributed by atoms with E-state index in [9.17, 15) is 22.0 Å². The molecule has 0 unspecified atom stereocenters. The Labute approximate surface area is 194 Å².